The fraction of sp³-hybridized carbons (Fsp3) is 0.195. The van der Waals surface area contributed by atoms with Gasteiger partial charge < -0.3 is 14.4 Å². The van der Waals surface area contributed by atoms with Gasteiger partial charge in [0.05, 0.1) is 36.2 Å². The van der Waals surface area contributed by atoms with Gasteiger partial charge in [-0.15, -0.1) is 0 Å². The first kappa shape index (κ1) is 32.4. The summed E-state index contributed by atoms with van der Waals surface area (Å²) in [4.78, 5) is 35.8. The smallest absolute Gasteiger partial charge is 0.266 e. The molecule has 242 valence electrons. The molecular formula is C41H39N3O4. The minimum absolute atomic E-state index is 0.100. The van der Waals surface area contributed by atoms with Gasteiger partial charge in [0.1, 0.15) is 17.6 Å². The Morgan fingerprint density at radius 1 is 0.750 bits per heavy atom. The number of hydrogen-bond acceptors (Lipinski definition) is 5. The molecule has 0 bridgehead atoms. The number of carbonyl (C=O) groups excluding carboxylic acids is 1. The lowest BCUT2D eigenvalue weighted by Gasteiger charge is -2.33. The molecule has 0 N–H and O–H groups in total. The number of benzene rings is 5. The van der Waals surface area contributed by atoms with Crippen molar-refractivity contribution < 1.29 is 14.3 Å². The number of aromatic nitrogens is 2. The Bertz CT molecular complexity index is 2010. The van der Waals surface area contributed by atoms with E-state index in [-0.39, 0.29) is 17.9 Å². The molecule has 1 heterocycles. The van der Waals surface area contributed by atoms with Gasteiger partial charge in [-0.25, -0.2) is 4.98 Å². The highest BCUT2D eigenvalue weighted by atomic mass is 16.5. The van der Waals surface area contributed by atoms with E-state index < -0.39 is 6.04 Å². The van der Waals surface area contributed by atoms with Crippen LogP contribution in [0, 0.1) is 0 Å². The first-order valence-corrected chi connectivity index (χ1v) is 16.4. The molecule has 1 atom stereocenters. The number of carbonyl (C=O) groups is 1. The van der Waals surface area contributed by atoms with E-state index in [1.54, 1.807) is 15.5 Å². The second-order valence-electron chi connectivity index (χ2n) is 11.4. The van der Waals surface area contributed by atoms with Gasteiger partial charge in [-0.1, -0.05) is 97.1 Å². The van der Waals surface area contributed by atoms with Crippen molar-refractivity contribution in [2.24, 2.45) is 0 Å². The number of hydrogen-bond donors (Lipinski definition) is 0. The molecule has 0 spiro atoms. The van der Waals surface area contributed by atoms with E-state index >= 15 is 0 Å². The summed E-state index contributed by atoms with van der Waals surface area (Å²) in [6.45, 7) is 5.55. The molecule has 0 aliphatic carbocycles. The van der Waals surface area contributed by atoms with Gasteiger partial charge in [-0.05, 0) is 72.5 Å². The Labute approximate surface area is 281 Å². The van der Waals surface area contributed by atoms with Crippen molar-refractivity contribution in [3.05, 3.63) is 161 Å². The molecule has 1 aromatic heterocycles. The maximum Gasteiger partial charge on any atom is 0.266 e. The third-order valence-corrected chi connectivity index (χ3v) is 8.30. The van der Waals surface area contributed by atoms with Crippen LogP contribution >= 0.6 is 0 Å². The van der Waals surface area contributed by atoms with E-state index in [1.807, 2.05) is 129 Å². The lowest BCUT2D eigenvalue weighted by atomic mass is 10.0. The Morgan fingerprint density at radius 2 is 1.40 bits per heavy atom. The SMILES string of the molecule is CCOCCN(C(=O)Cc1ccc(-c2ccccc2)cc1)C(c1ccccc1)c1nc2ccccc2c(=O)n1-c1ccc(OCC)cc1. The molecule has 48 heavy (non-hydrogen) atoms. The van der Waals surface area contributed by atoms with E-state index in [4.69, 9.17) is 14.5 Å². The van der Waals surface area contributed by atoms with E-state index in [2.05, 4.69) is 12.1 Å². The lowest BCUT2D eigenvalue weighted by Crippen LogP contribution is -2.41. The van der Waals surface area contributed by atoms with Crippen molar-refractivity contribution in [1.29, 1.82) is 0 Å². The van der Waals surface area contributed by atoms with Gasteiger partial charge in [-0.3, -0.25) is 14.2 Å². The number of para-hydroxylation sites is 1. The van der Waals surface area contributed by atoms with Crippen LogP contribution in [0.5, 0.6) is 5.75 Å². The summed E-state index contributed by atoms with van der Waals surface area (Å²) in [6, 6.07) is 42.1. The molecule has 0 aliphatic rings. The Morgan fingerprint density at radius 3 is 2.08 bits per heavy atom. The molecule has 0 aliphatic heterocycles. The monoisotopic (exact) mass is 637 g/mol. The average molecular weight is 638 g/mol. The number of rotatable bonds is 13. The predicted molar refractivity (Wildman–Crippen MR) is 191 cm³/mol. The van der Waals surface area contributed by atoms with Crippen LogP contribution < -0.4 is 10.3 Å². The van der Waals surface area contributed by atoms with Gasteiger partial charge in [-0.2, -0.15) is 0 Å². The number of fused-ring (bicyclic) bond motifs is 1. The van der Waals surface area contributed by atoms with Crippen LogP contribution in [0.2, 0.25) is 0 Å². The summed E-state index contributed by atoms with van der Waals surface area (Å²) in [5.41, 5.74) is 4.91. The van der Waals surface area contributed by atoms with Gasteiger partial charge in [0.2, 0.25) is 5.91 Å². The maximum absolute atomic E-state index is 14.5. The van der Waals surface area contributed by atoms with E-state index in [9.17, 15) is 9.59 Å². The van der Waals surface area contributed by atoms with Crippen molar-refractivity contribution in [1.82, 2.24) is 14.5 Å². The van der Waals surface area contributed by atoms with Crippen molar-refractivity contribution in [3.8, 4) is 22.6 Å². The topological polar surface area (TPSA) is 73.7 Å². The zero-order valence-electron chi connectivity index (χ0n) is 27.3. The molecule has 0 saturated heterocycles. The van der Waals surface area contributed by atoms with E-state index in [0.29, 0.717) is 54.5 Å². The molecule has 0 radical (unpaired) electrons. The Hall–Kier alpha value is -5.53. The van der Waals surface area contributed by atoms with Crippen LogP contribution in [0.15, 0.2) is 138 Å². The number of nitrogens with zero attached hydrogens (tertiary/aromatic N) is 3. The molecule has 7 heteroatoms. The second kappa shape index (κ2) is 15.4. The summed E-state index contributed by atoms with van der Waals surface area (Å²) in [7, 11) is 0. The Balaban J connectivity index is 1.48. The van der Waals surface area contributed by atoms with E-state index in [0.717, 1.165) is 22.3 Å². The minimum Gasteiger partial charge on any atom is -0.494 e. The third kappa shape index (κ3) is 7.22. The first-order valence-electron chi connectivity index (χ1n) is 16.4. The van der Waals surface area contributed by atoms with Crippen LogP contribution in [0.4, 0.5) is 0 Å². The molecule has 1 unspecified atom stereocenters. The number of amides is 1. The summed E-state index contributed by atoms with van der Waals surface area (Å²) < 4.78 is 13.1. The first-order chi connectivity index (χ1) is 23.6. The molecule has 6 aromatic rings. The molecular weight excluding hydrogens is 598 g/mol. The zero-order chi connectivity index (χ0) is 33.3. The van der Waals surface area contributed by atoms with Crippen molar-refractivity contribution >= 4 is 16.8 Å². The molecule has 6 rings (SSSR count). The molecule has 0 saturated carbocycles. The fourth-order valence-corrected chi connectivity index (χ4v) is 5.97. The second-order valence-corrected chi connectivity index (χ2v) is 11.4. The van der Waals surface area contributed by atoms with E-state index in [1.165, 1.54) is 0 Å². The summed E-state index contributed by atoms with van der Waals surface area (Å²) in [5.74, 6) is 1.05. The minimum atomic E-state index is -0.688. The average Bonchev–Trinajstić information content (AvgIpc) is 3.13. The molecule has 7 nitrogen and oxygen atoms in total. The van der Waals surface area contributed by atoms with Crippen molar-refractivity contribution in [3.63, 3.8) is 0 Å². The fourth-order valence-electron chi connectivity index (χ4n) is 5.97. The van der Waals surface area contributed by atoms with Crippen molar-refractivity contribution in [2.45, 2.75) is 26.3 Å². The lowest BCUT2D eigenvalue weighted by molar-refractivity contribution is -0.133. The van der Waals surface area contributed by atoms with Crippen LogP contribution in [-0.4, -0.2) is 46.7 Å². The summed E-state index contributed by atoms with van der Waals surface area (Å²) in [6.07, 6.45) is 0.172. The largest absolute Gasteiger partial charge is 0.494 e. The number of ether oxygens (including phenoxy) is 2. The standard InChI is InChI=1S/C41H39N3O4/c1-3-47-28-27-43(38(45)29-30-19-21-32(22-20-30)31-13-7-5-8-14-31)39(33-15-9-6-10-16-33)40-42-37-18-12-11-17-36(37)41(46)44(40)34-23-25-35(26-24-34)48-4-2/h5-26,39H,3-4,27-29H2,1-2H3. The van der Waals surface area contributed by atoms with Gasteiger partial charge in [0, 0.05) is 13.2 Å². The van der Waals surface area contributed by atoms with Gasteiger partial charge >= 0.3 is 0 Å². The summed E-state index contributed by atoms with van der Waals surface area (Å²) >= 11 is 0. The van der Waals surface area contributed by atoms with Crippen LogP contribution in [0.3, 0.4) is 0 Å². The highest BCUT2D eigenvalue weighted by Gasteiger charge is 2.31. The molecule has 5 aromatic carbocycles. The molecule has 1 amide bonds. The summed E-state index contributed by atoms with van der Waals surface area (Å²) in [5, 5.41) is 0.493. The predicted octanol–water partition coefficient (Wildman–Crippen LogP) is 7.65. The zero-order valence-corrected chi connectivity index (χ0v) is 27.3. The van der Waals surface area contributed by atoms with Crippen LogP contribution in [0.1, 0.15) is 36.8 Å². The Kier molecular flexibility index (Phi) is 10.4. The normalized spacial score (nSPS) is 11.7. The quantitative estimate of drug-likeness (QED) is 0.122. The van der Waals surface area contributed by atoms with Crippen molar-refractivity contribution in [2.75, 3.05) is 26.4 Å². The highest BCUT2D eigenvalue weighted by Crippen LogP contribution is 2.31. The van der Waals surface area contributed by atoms with Gasteiger partial charge in [0.25, 0.3) is 5.56 Å². The highest BCUT2D eigenvalue weighted by molar-refractivity contribution is 5.81. The van der Waals surface area contributed by atoms with Gasteiger partial charge in [0.15, 0.2) is 0 Å². The van der Waals surface area contributed by atoms with Crippen LogP contribution in [-0.2, 0) is 16.0 Å². The molecule has 0 fully saturated rings. The maximum atomic E-state index is 14.5. The van der Waals surface area contributed by atoms with Crippen LogP contribution in [0.25, 0.3) is 27.7 Å². The third-order valence-electron chi connectivity index (χ3n) is 8.30.